The summed E-state index contributed by atoms with van der Waals surface area (Å²) in [5.74, 6) is -0.594. The molecule has 0 spiro atoms. The molecular formula is C23H34O6. The second kappa shape index (κ2) is 10.2. The highest BCUT2D eigenvalue weighted by Gasteiger charge is 2.45. The number of rotatable bonds is 12. The average Bonchev–Trinajstić information content (AvgIpc) is 3.53. The number of carbonyl (C=O) groups excluding carboxylic acids is 2. The summed E-state index contributed by atoms with van der Waals surface area (Å²) in [7, 11) is 0. The first kappa shape index (κ1) is 23.4. The summed E-state index contributed by atoms with van der Waals surface area (Å²) in [5.41, 5.74) is -0.608. The Morgan fingerprint density at radius 2 is 1.83 bits per heavy atom. The van der Waals surface area contributed by atoms with Gasteiger partial charge in [0.15, 0.2) is 0 Å². The van der Waals surface area contributed by atoms with Gasteiger partial charge in [0.05, 0.1) is 24.0 Å². The molecule has 0 saturated carbocycles. The van der Waals surface area contributed by atoms with Crippen LogP contribution in [0.2, 0.25) is 0 Å². The van der Waals surface area contributed by atoms with Gasteiger partial charge in [-0.15, -0.1) is 0 Å². The SMILES string of the molecule is CCC(CC(C)(CC(C)(C)C(=O)OCC1CO1)C(=O)OCCO)c1ccccc1. The molecule has 2 rings (SSSR count). The summed E-state index contributed by atoms with van der Waals surface area (Å²) in [5, 5.41) is 9.07. The van der Waals surface area contributed by atoms with Crippen molar-refractivity contribution >= 4 is 11.9 Å². The van der Waals surface area contributed by atoms with Crippen LogP contribution in [-0.2, 0) is 23.8 Å². The van der Waals surface area contributed by atoms with E-state index >= 15 is 0 Å². The first-order valence-corrected chi connectivity index (χ1v) is 10.3. The highest BCUT2D eigenvalue weighted by molar-refractivity contribution is 5.80. The minimum Gasteiger partial charge on any atom is -0.463 e. The van der Waals surface area contributed by atoms with Gasteiger partial charge < -0.3 is 19.3 Å². The largest absolute Gasteiger partial charge is 0.463 e. The molecule has 6 nitrogen and oxygen atoms in total. The Labute approximate surface area is 173 Å². The Morgan fingerprint density at radius 3 is 2.38 bits per heavy atom. The van der Waals surface area contributed by atoms with Crippen LogP contribution < -0.4 is 0 Å². The van der Waals surface area contributed by atoms with Gasteiger partial charge in [0.2, 0.25) is 0 Å². The quantitative estimate of drug-likeness (QED) is 0.423. The standard InChI is InChI=1S/C23H34O6/c1-5-17(18-9-7-6-8-10-18)13-23(4,21(26)27-12-11-24)16-22(2,3)20(25)29-15-19-14-28-19/h6-10,17,19,24H,5,11-16H2,1-4H3. The molecule has 3 atom stereocenters. The van der Waals surface area contributed by atoms with Crippen LogP contribution in [-0.4, -0.2) is 49.6 Å². The number of benzene rings is 1. The second-order valence-electron chi connectivity index (χ2n) is 8.75. The van der Waals surface area contributed by atoms with Crippen LogP contribution in [0.1, 0.15) is 58.4 Å². The molecule has 1 aromatic carbocycles. The monoisotopic (exact) mass is 406 g/mol. The maximum absolute atomic E-state index is 13.0. The fourth-order valence-corrected chi connectivity index (χ4v) is 3.88. The van der Waals surface area contributed by atoms with Crippen molar-refractivity contribution in [1.29, 1.82) is 0 Å². The first-order valence-electron chi connectivity index (χ1n) is 10.3. The van der Waals surface area contributed by atoms with Crippen LogP contribution in [0.3, 0.4) is 0 Å². The zero-order valence-electron chi connectivity index (χ0n) is 18.0. The predicted octanol–water partition coefficient (Wildman–Crippen LogP) is 3.47. The lowest BCUT2D eigenvalue weighted by Crippen LogP contribution is -2.40. The molecule has 0 aromatic heterocycles. The van der Waals surface area contributed by atoms with Gasteiger partial charge in [0, 0.05) is 0 Å². The molecule has 1 N–H and O–H groups in total. The minimum absolute atomic E-state index is 0.00166. The van der Waals surface area contributed by atoms with E-state index in [0.29, 0.717) is 13.0 Å². The lowest BCUT2D eigenvalue weighted by atomic mass is 9.68. The molecule has 1 aliphatic heterocycles. The molecular weight excluding hydrogens is 372 g/mol. The summed E-state index contributed by atoms with van der Waals surface area (Å²) in [4.78, 5) is 25.6. The molecule has 1 aliphatic rings. The Morgan fingerprint density at radius 1 is 1.17 bits per heavy atom. The molecule has 162 valence electrons. The van der Waals surface area contributed by atoms with E-state index in [1.807, 2.05) is 25.1 Å². The van der Waals surface area contributed by atoms with Crippen LogP contribution in [0.5, 0.6) is 0 Å². The number of aliphatic hydroxyl groups is 1. The van der Waals surface area contributed by atoms with E-state index in [-0.39, 0.29) is 44.2 Å². The lowest BCUT2D eigenvalue weighted by Gasteiger charge is -2.36. The van der Waals surface area contributed by atoms with Crippen molar-refractivity contribution in [2.45, 2.75) is 59.0 Å². The highest BCUT2D eigenvalue weighted by atomic mass is 16.6. The molecule has 6 heteroatoms. The zero-order chi connectivity index (χ0) is 21.5. The van der Waals surface area contributed by atoms with Crippen LogP contribution in [0, 0.1) is 10.8 Å². The van der Waals surface area contributed by atoms with E-state index in [0.717, 1.165) is 12.0 Å². The molecule has 1 fully saturated rings. The number of hydrogen-bond acceptors (Lipinski definition) is 6. The van der Waals surface area contributed by atoms with Crippen molar-refractivity contribution in [3.63, 3.8) is 0 Å². The fraction of sp³-hybridized carbons (Fsp3) is 0.652. The molecule has 1 saturated heterocycles. The van der Waals surface area contributed by atoms with Gasteiger partial charge >= 0.3 is 11.9 Å². The average molecular weight is 407 g/mol. The van der Waals surface area contributed by atoms with Crippen molar-refractivity contribution in [2.24, 2.45) is 10.8 Å². The molecule has 1 heterocycles. The highest BCUT2D eigenvalue weighted by Crippen LogP contribution is 2.43. The normalized spacial score (nSPS) is 19.1. The van der Waals surface area contributed by atoms with E-state index in [2.05, 4.69) is 19.1 Å². The van der Waals surface area contributed by atoms with Crippen molar-refractivity contribution < 1.29 is 28.9 Å². The minimum atomic E-state index is -0.899. The number of esters is 2. The lowest BCUT2D eigenvalue weighted by molar-refractivity contribution is -0.164. The van der Waals surface area contributed by atoms with Crippen molar-refractivity contribution in [1.82, 2.24) is 0 Å². The molecule has 0 radical (unpaired) electrons. The third kappa shape index (κ3) is 6.82. The first-order chi connectivity index (χ1) is 13.7. The van der Waals surface area contributed by atoms with E-state index in [9.17, 15) is 9.59 Å². The van der Waals surface area contributed by atoms with Gasteiger partial charge in [-0.2, -0.15) is 0 Å². The van der Waals surface area contributed by atoms with Crippen LogP contribution in [0.4, 0.5) is 0 Å². The van der Waals surface area contributed by atoms with E-state index in [1.165, 1.54) is 0 Å². The van der Waals surface area contributed by atoms with Gasteiger partial charge in [-0.05, 0) is 51.5 Å². The third-order valence-corrected chi connectivity index (χ3v) is 5.47. The van der Waals surface area contributed by atoms with Gasteiger partial charge in [-0.25, -0.2) is 0 Å². The van der Waals surface area contributed by atoms with E-state index in [1.54, 1.807) is 13.8 Å². The van der Waals surface area contributed by atoms with Gasteiger partial charge in [-0.1, -0.05) is 37.3 Å². The molecule has 1 aromatic rings. The predicted molar refractivity (Wildman–Crippen MR) is 109 cm³/mol. The molecule has 0 aliphatic carbocycles. The number of carbonyl (C=O) groups is 2. The molecule has 0 amide bonds. The smallest absolute Gasteiger partial charge is 0.311 e. The number of ether oxygens (including phenoxy) is 3. The van der Waals surface area contributed by atoms with E-state index < -0.39 is 16.8 Å². The van der Waals surface area contributed by atoms with E-state index in [4.69, 9.17) is 19.3 Å². The van der Waals surface area contributed by atoms with Crippen molar-refractivity contribution in [2.75, 3.05) is 26.4 Å². The summed E-state index contributed by atoms with van der Waals surface area (Å²) in [6.45, 7) is 8.10. The maximum atomic E-state index is 13.0. The zero-order valence-corrected chi connectivity index (χ0v) is 18.0. The topological polar surface area (TPSA) is 85.4 Å². The van der Waals surface area contributed by atoms with Crippen LogP contribution in [0.25, 0.3) is 0 Å². The van der Waals surface area contributed by atoms with Gasteiger partial charge in [0.25, 0.3) is 0 Å². The molecule has 29 heavy (non-hydrogen) atoms. The Balaban J connectivity index is 2.19. The van der Waals surface area contributed by atoms with Gasteiger partial charge in [0.1, 0.15) is 19.3 Å². The Hall–Kier alpha value is -1.92. The molecule has 3 unspecified atom stereocenters. The second-order valence-corrected chi connectivity index (χ2v) is 8.75. The molecule has 0 bridgehead atoms. The maximum Gasteiger partial charge on any atom is 0.311 e. The number of epoxide rings is 1. The number of hydrogen-bond donors (Lipinski definition) is 1. The van der Waals surface area contributed by atoms with Crippen LogP contribution >= 0.6 is 0 Å². The fourth-order valence-electron chi connectivity index (χ4n) is 3.88. The van der Waals surface area contributed by atoms with Crippen molar-refractivity contribution in [3.8, 4) is 0 Å². The summed E-state index contributed by atoms with van der Waals surface area (Å²) >= 11 is 0. The number of aliphatic hydroxyl groups excluding tert-OH is 1. The van der Waals surface area contributed by atoms with Crippen molar-refractivity contribution in [3.05, 3.63) is 35.9 Å². The summed E-state index contributed by atoms with van der Waals surface area (Å²) in [6.07, 6.45) is 1.69. The van der Waals surface area contributed by atoms with Crippen LogP contribution in [0.15, 0.2) is 30.3 Å². The third-order valence-electron chi connectivity index (χ3n) is 5.47. The Kier molecular flexibility index (Phi) is 8.23. The summed E-state index contributed by atoms with van der Waals surface area (Å²) in [6, 6.07) is 10.1. The Bertz CT molecular complexity index is 667. The summed E-state index contributed by atoms with van der Waals surface area (Å²) < 4.78 is 15.8. The van der Waals surface area contributed by atoms with Gasteiger partial charge in [-0.3, -0.25) is 9.59 Å².